The molecule has 0 saturated heterocycles. The maximum absolute atomic E-state index is 12.3. The zero-order chi connectivity index (χ0) is 19.4. The fraction of sp³-hybridized carbons (Fsp3) is 0.118. The number of benzene rings is 1. The third-order valence-corrected chi connectivity index (χ3v) is 3.96. The van der Waals surface area contributed by atoms with E-state index >= 15 is 0 Å². The molecule has 2 heterocycles. The van der Waals surface area contributed by atoms with Crippen molar-refractivity contribution in [1.82, 2.24) is 14.5 Å². The Morgan fingerprint density at radius 2 is 1.96 bits per heavy atom. The first kappa shape index (κ1) is 18.8. The predicted octanol–water partition coefficient (Wildman–Crippen LogP) is 2.28. The molecule has 138 valence electrons. The summed E-state index contributed by atoms with van der Waals surface area (Å²) in [6, 6.07) is 8.18. The van der Waals surface area contributed by atoms with E-state index in [0.29, 0.717) is 15.9 Å². The maximum atomic E-state index is 12.3. The van der Waals surface area contributed by atoms with Gasteiger partial charge in [-0.05, 0) is 18.2 Å². The quantitative estimate of drug-likeness (QED) is 0.651. The number of hydrogen-bond acceptors (Lipinski definition) is 6. The van der Waals surface area contributed by atoms with Crippen molar-refractivity contribution in [2.75, 3.05) is 11.9 Å². The average molecular weight is 407 g/mol. The highest BCUT2D eigenvalue weighted by molar-refractivity contribution is 6.36. The number of carbonyl (C=O) groups is 2. The summed E-state index contributed by atoms with van der Waals surface area (Å²) >= 11 is 11.6. The van der Waals surface area contributed by atoms with Gasteiger partial charge in [-0.15, -0.1) is 0 Å². The molecule has 3 rings (SSSR count). The Kier molecular flexibility index (Phi) is 5.68. The monoisotopic (exact) mass is 406 g/mol. The van der Waals surface area contributed by atoms with Gasteiger partial charge in [-0.1, -0.05) is 35.3 Å². The number of pyridine rings is 1. The number of amides is 1. The number of ether oxygens (including phenoxy) is 1. The van der Waals surface area contributed by atoms with Gasteiger partial charge >= 0.3 is 5.97 Å². The van der Waals surface area contributed by atoms with Gasteiger partial charge in [-0.2, -0.15) is 0 Å². The molecular formula is C17H12Cl2N4O4. The number of nitrogens with zero attached hydrogens (tertiary/aromatic N) is 3. The van der Waals surface area contributed by atoms with E-state index in [2.05, 4.69) is 15.3 Å². The van der Waals surface area contributed by atoms with Crippen molar-refractivity contribution in [2.45, 2.75) is 6.54 Å². The molecule has 10 heteroatoms. The molecule has 27 heavy (non-hydrogen) atoms. The third kappa shape index (κ3) is 4.60. The number of anilines is 1. The highest BCUT2D eigenvalue weighted by Crippen LogP contribution is 2.22. The van der Waals surface area contributed by atoms with E-state index in [-0.39, 0.29) is 22.9 Å². The number of halogens is 2. The Balaban J connectivity index is 1.59. The molecule has 0 aliphatic heterocycles. The van der Waals surface area contributed by atoms with Crippen molar-refractivity contribution >= 4 is 51.8 Å². The van der Waals surface area contributed by atoms with Gasteiger partial charge in [-0.25, -0.2) is 9.97 Å². The number of para-hydroxylation sites is 1. The Morgan fingerprint density at radius 1 is 1.19 bits per heavy atom. The number of hydrogen-bond donors (Lipinski definition) is 1. The molecule has 0 spiro atoms. The number of nitrogens with one attached hydrogen (secondary N) is 1. The van der Waals surface area contributed by atoms with Crippen LogP contribution in [-0.2, 0) is 20.9 Å². The van der Waals surface area contributed by atoms with Crippen LogP contribution in [0, 0.1) is 0 Å². The minimum atomic E-state index is -0.764. The molecule has 1 amide bonds. The Hall–Kier alpha value is -2.97. The van der Waals surface area contributed by atoms with Gasteiger partial charge in [-0.3, -0.25) is 19.0 Å². The zero-order valence-corrected chi connectivity index (χ0v) is 15.2. The molecule has 1 N–H and O–H groups in total. The lowest BCUT2D eigenvalue weighted by Gasteiger charge is -2.08. The number of carbonyl (C=O) groups excluding carboxylic acids is 2. The number of rotatable bonds is 5. The first-order chi connectivity index (χ1) is 12.9. The fourth-order valence-corrected chi connectivity index (χ4v) is 2.65. The summed E-state index contributed by atoms with van der Waals surface area (Å²) in [6.45, 7) is -0.931. The lowest BCUT2D eigenvalue weighted by atomic mass is 10.2. The van der Waals surface area contributed by atoms with Crippen LogP contribution in [0.2, 0.25) is 10.0 Å². The largest absolute Gasteiger partial charge is 0.454 e. The van der Waals surface area contributed by atoms with Gasteiger partial charge in [0.05, 0.1) is 27.3 Å². The van der Waals surface area contributed by atoms with E-state index in [0.717, 1.165) is 4.57 Å². The second kappa shape index (κ2) is 8.15. The van der Waals surface area contributed by atoms with Gasteiger partial charge in [0.1, 0.15) is 6.54 Å². The van der Waals surface area contributed by atoms with E-state index < -0.39 is 18.5 Å². The maximum Gasteiger partial charge on any atom is 0.326 e. The van der Waals surface area contributed by atoms with Crippen molar-refractivity contribution in [3.05, 3.63) is 63.3 Å². The van der Waals surface area contributed by atoms with E-state index in [1.807, 2.05) is 0 Å². The van der Waals surface area contributed by atoms with E-state index in [1.165, 1.54) is 18.6 Å². The molecule has 0 bridgehead atoms. The molecule has 8 nitrogen and oxygen atoms in total. The smallest absolute Gasteiger partial charge is 0.326 e. The molecule has 0 radical (unpaired) electrons. The Morgan fingerprint density at radius 3 is 2.74 bits per heavy atom. The standard InChI is InChI=1S/C17H12Cl2N4O4/c18-10-5-12(19)16(20-6-10)22-14(24)8-27-15(25)7-23-9-21-13-4-2-1-3-11(13)17(23)26/h1-6,9H,7-8H2,(H,20,22,24). The zero-order valence-electron chi connectivity index (χ0n) is 13.7. The van der Waals surface area contributed by atoms with Gasteiger partial charge < -0.3 is 10.1 Å². The number of esters is 1. The summed E-state index contributed by atoms with van der Waals surface area (Å²) in [4.78, 5) is 44.0. The lowest BCUT2D eigenvalue weighted by molar-refractivity contribution is -0.147. The second-order valence-corrected chi connectivity index (χ2v) is 6.23. The van der Waals surface area contributed by atoms with Gasteiger partial charge in [0, 0.05) is 6.20 Å². The highest BCUT2D eigenvalue weighted by Gasteiger charge is 2.13. The van der Waals surface area contributed by atoms with E-state index in [4.69, 9.17) is 27.9 Å². The summed E-state index contributed by atoms with van der Waals surface area (Å²) in [5.41, 5.74) is 0.151. The Labute approximate surface area is 162 Å². The molecule has 0 aliphatic carbocycles. The van der Waals surface area contributed by atoms with Gasteiger partial charge in [0.2, 0.25) is 0 Å². The molecule has 0 atom stereocenters. The molecule has 0 aliphatic rings. The minimum absolute atomic E-state index is 0.0945. The molecule has 1 aromatic carbocycles. The normalized spacial score (nSPS) is 10.6. The summed E-state index contributed by atoms with van der Waals surface area (Å²) in [5, 5.41) is 3.24. The van der Waals surface area contributed by atoms with Gasteiger partial charge in [0.25, 0.3) is 11.5 Å². The number of aromatic nitrogens is 3. The summed E-state index contributed by atoms with van der Waals surface area (Å²) in [5.74, 6) is -1.30. The van der Waals surface area contributed by atoms with Gasteiger partial charge in [0.15, 0.2) is 12.4 Å². The van der Waals surface area contributed by atoms with Crippen molar-refractivity contribution < 1.29 is 14.3 Å². The van der Waals surface area contributed by atoms with Crippen LogP contribution in [-0.4, -0.2) is 33.0 Å². The molecular weight excluding hydrogens is 395 g/mol. The number of fused-ring (bicyclic) bond motifs is 1. The van der Waals surface area contributed by atoms with Crippen LogP contribution in [0.3, 0.4) is 0 Å². The summed E-state index contributed by atoms with van der Waals surface area (Å²) in [6.07, 6.45) is 2.57. The van der Waals surface area contributed by atoms with Crippen molar-refractivity contribution in [2.24, 2.45) is 0 Å². The van der Waals surface area contributed by atoms with E-state index in [1.54, 1.807) is 24.3 Å². The Bertz CT molecular complexity index is 1080. The fourth-order valence-electron chi connectivity index (χ4n) is 2.22. The summed E-state index contributed by atoms with van der Waals surface area (Å²) in [7, 11) is 0. The first-order valence-corrected chi connectivity index (χ1v) is 8.40. The van der Waals surface area contributed by atoms with Crippen molar-refractivity contribution in [3.8, 4) is 0 Å². The highest BCUT2D eigenvalue weighted by atomic mass is 35.5. The molecule has 3 aromatic rings. The topological polar surface area (TPSA) is 103 Å². The van der Waals surface area contributed by atoms with Crippen LogP contribution in [0.15, 0.2) is 47.7 Å². The van der Waals surface area contributed by atoms with Crippen LogP contribution in [0.25, 0.3) is 10.9 Å². The third-order valence-electron chi connectivity index (χ3n) is 3.46. The molecule has 2 aromatic heterocycles. The second-order valence-electron chi connectivity index (χ2n) is 5.39. The van der Waals surface area contributed by atoms with Crippen LogP contribution < -0.4 is 10.9 Å². The van der Waals surface area contributed by atoms with E-state index in [9.17, 15) is 14.4 Å². The van der Waals surface area contributed by atoms with Crippen LogP contribution in [0.5, 0.6) is 0 Å². The molecule has 0 saturated carbocycles. The minimum Gasteiger partial charge on any atom is -0.454 e. The lowest BCUT2D eigenvalue weighted by Crippen LogP contribution is -2.28. The van der Waals surface area contributed by atoms with Crippen LogP contribution in [0.1, 0.15) is 0 Å². The van der Waals surface area contributed by atoms with Crippen LogP contribution in [0.4, 0.5) is 5.82 Å². The molecule has 0 fully saturated rings. The first-order valence-electron chi connectivity index (χ1n) is 7.65. The van der Waals surface area contributed by atoms with Crippen molar-refractivity contribution in [3.63, 3.8) is 0 Å². The predicted molar refractivity (Wildman–Crippen MR) is 99.8 cm³/mol. The average Bonchev–Trinajstić information content (AvgIpc) is 2.65. The molecule has 0 unspecified atom stereocenters. The van der Waals surface area contributed by atoms with Crippen LogP contribution >= 0.6 is 23.2 Å². The summed E-state index contributed by atoms with van der Waals surface area (Å²) < 4.78 is 5.99. The SMILES string of the molecule is O=C(COC(=O)Cn1cnc2ccccc2c1=O)Nc1ncc(Cl)cc1Cl. The van der Waals surface area contributed by atoms with Crippen molar-refractivity contribution in [1.29, 1.82) is 0 Å².